The topological polar surface area (TPSA) is 58.6 Å². The van der Waals surface area contributed by atoms with E-state index in [9.17, 15) is 9.59 Å². The van der Waals surface area contributed by atoms with Crippen LogP contribution < -0.4 is 10.1 Å². The minimum Gasteiger partial charge on any atom is -0.494 e. The van der Waals surface area contributed by atoms with E-state index in [1.807, 2.05) is 50.2 Å². The van der Waals surface area contributed by atoms with Crippen molar-refractivity contribution in [3.8, 4) is 5.75 Å². The number of nitrogens with one attached hydrogen (secondary N) is 1. The first-order valence-corrected chi connectivity index (χ1v) is 11.3. The number of rotatable bonds is 11. The molecule has 2 aromatic rings. The molecule has 0 fully saturated rings. The van der Waals surface area contributed by atoms with E-state index >= 15 is 0 Å². The lowest BCUT2D eigenvalue weighted by Gasteiger charge is -2.30. The van der Waals surface area contributed by atoms with Gasteiger partial charge in [0.15, 0.2) is 0 Å². The molecule has 0 saturated heterocycles. The SMILES string of the molecule is CC[C@H](C)NC(=O)[C@@H](C)N(Cc1ccc(Cl)c(Cl)c1)C(=O)CCCOc1ccccc1. The molecule has 0 unspecified atom stereocenters. The summed E-state index contributed by atoms with van der Waals surface area (Å²) in [6.45, 7) is 6.37. The number of amides is 2. The Bertz CT molecular complexity index is 861. The summed E-state index contributed by atoms with van der Waals surface area (Å²) in [4.78, 5) is 27.3. The average molecular weight is 465 g/mol. The van der Waals surface area contributed by atoms with Gasteiger partial charge in [-0.3, -0.25) is 9.59 Å². The first-order chi connectivity index (χ1) is 14.8. The van der Waals surface area contributed by atoms with Crippen molar-refractivity contribution in [1.82, 2.24) is 10.2 Å². The van der Waals surface area contributed by atoms with Crippen molar-refractivity contribution in [3.05, 3.63) is 64.1 Å². The Hall–Kier alpha value is -2.24. The molecular formula is C24H30Cl2N2O3. The number of carbonyl (C=O) groups is 2. The summed E-state index contributed by atoms with van der Waals surface area (Å²) in [6.07, 6.45) is 1.64. The number of carbonyl (C=O) groups excluding carboxylic acids is 2. The number of para-hydroxylation sites is 1. The van der Waals surface area contributed by atoms with E-state index in [2.05, 4.69) is 5.32 Å². The fourth-order valence-electron chi connectivity index (χ4n) is 2.96. The Balaban J connectivity index is 2.04. The van der Waals surface area contributed by atoms with Crippen LogP contribution in [0, 0.1) is 0 Å². The number of nitrogens with zero attached hydrogens (tertiary/aromatic N) is 1. The molecule has 2 atom stereocenters. The van der Waals surface area contributed by atoms with Gasteiger partial charge in [0.1, 0.15) is 11.8 Å². The first-order valence-electron chi connectivity index (χ1n) is 10.5. The molecule has 0 heterocycles. The monoisotopic (exact) mass is 464 g/mol. The van der Waals surface area contributed by atoms with E-state index in [-0.39, 0.29) is 30.8 Å². The lowest BCUT2D eigenvalue weighted by Crippen LogP contribution is -2.49. The minimum absolute atomic E-state index is 0.0381. The second-order valence-electron chi connectivity index (χ2n) is 7.53. The van der Waals surface area contributed by atoms with E-state index in [1.54, 1.807) is 24.0 Å². The zero-order chi connectivity index (χ0) is 22.8. The summed E-state index contributed by atoms with van der Waals surface area (Å²) in [7, 11) is 0. The van der Waals surface area contributed by atoms with E-state index in [1.165, 1.54) is 0 Å². The van der Waals surface area contributed by atoms with Gasteiger partial charge >= 0.3 is 0 Å². The van der Waals surface area contributed by atoms with Gasteiger partial charge < -0.3 is 15.0 Å². The van der Waals surface area contributed by atoms with Crippen molar-refractivity contribution in [2.75, 3.05) is 6.61 Å². The van der Waals surface area contributed by atoms with Crippen LogP contribution in [-0.4, -0.2) is 35.4 Å². The summed E-state index contributed by atoms with van der Waals surface area (Å²) in [5, 5.41) is 3.82. The van der Waals surface area contributed by atoms with Gasteiger partial charge in [-0.2, -0.15) is 0 Å². The number of halogens is 2. The molecule has 0 spiro atoms. The van der Waals surface area contributed by atoms with Crippen LogP contribution in [0.15, 0.2) is 48.5 Å². The van der Waals surface area contributed by atoms with Gasteiger partial charge in [0.05, 0.1) is 16.7 Å². The van der Waals surface area contributed by atoms with Gasteiger partial charge in [-0.25, -0.2) is 0 Å². The third-order valence-corrected chi connectivity index (χ3v) is 5.79. The highest BCUT2D eigenvalue weighted by Crippen LogP contribution is 2.24. The van der Waals surface area contributed by atoms with Crippen LogP contribution in [0.4, 0.5) is 0 Å². The van der Waals surface area contributed by atoms with Gasteiger partial charge in [0.25, 0.3) is 0 Å². The fraction of sp³-hybridized carbons (Fsp3) is 0.417. The molecule has 0 aliphatic rings. The maximum Gasteiger partial charge on any atom is 0.242 e. The van der Waals surface area contributed by atoms with Gasteiger partial charge in [-0.05, 0) is 56.5 Å². The second kappa shape index (κ2) is 12.6. The average Bonchev–Trinajstić information content (AvgIpc) is 2.77. The van der Waals surface area contributed by atoms with Crippen LogP contribution in [0.2, 0.25) is 10.0 Å². The van der Waals surface area contributed by atoms with Crippen molar-refractivity contribution >= 4 is 35.0 Å². The third-order valence-electron chi connectivity index (χ3n) is 5.05. The molecule has 31 heavy (non-hydrogen) atoms. The lowest BCUT2D eigenvalue weighted by atomic mass is 10.1. The lowest BCUT2D eigenvalue weighted by molar-refractivity contribution is -0.141. The third kappa shape index (κ3) is 8.08. The van der Waals surface area contributed by atoms with E-state index < -0.39 is 6.04 Å². The predicted octanol–water partition coefficient (Wildman–Crippen LogP) is 5.48. The molecule has 0 aliphatic heterocycles. The Morgan fingerprint density at radius 2 is 1.77 bits per heavy atom. The minimum atomic E-state index is -0.619. The Kier molecular flexibility index (Phi) is 10.2. The van der Waals surface area contributed by atoms with Gasteiger partial charge in [0.2, 0.25) is 11.8 Å². The van der Waals surface area contributed by atoms with Crippen LogP contribution in [0.25, 0.3) is 0 Å². The normalized spacial score (nSPS) is 12.7. The highest BCUT2D eigenvalue weighted by molar-refractivity contribution is 6.42. The van der Waals surface area contributed by atoms with Crippen LogP contribution in [0.1, 0.15) is 45.6 Å². The van der Waals surface area contributed by atoms with Crippen molar-refractivity contribution < 1.29 is 14.3 Å². The van der Waals surface area contributed by atoms with Crippen molar-refractivity contribution in [2.45, 2.75) is 58.7 Å². The van der Waals surface area contributed by atoms with Crippen molar-refractivity contribution in [1.29, 1.82) is 0 Å². The van der Waals surface area contributed by atoms with Crippen molar-refractivity contribution in [3.63, 3.8) is 0 Å². The largest absolute Gasteiger partial charge is 0.494 e. The molecule has 0 bridgehead atoms. The molecule has 0 aliphatic carbocycles. The zero-order valence-corrected chi connectivity index (χ0v) is 19.7. The van der Waals surface area contributed by atoms with Gasteiger partial charge in [0, 0.05) is 19.0 Å². The Labute approximate surface area is 194 Å². The standard InChI is InChI=1S/C24H30Cl2N2O3/c1-4-17(2)27-24(30)18(3)28(16-19-12-13-21(25)22(26)15-19)23(29)11-8-14-31-20-9-6-5-7-10-20/h5-7,9-10,12-13,15,17-18H,4,8,11,14,16H2,1-3H3,(H,27,30)/t17-,18+/m0/s1. The van der Waals surface area contributed by atoms with Crippen LogP contribution in [-0.2, 0) is 16.1 Å². The van der Waals surface area contributed by atoms with Crippen LogP contribution in [0.5, 0.6) is 5.75 Å². The van der Waals surface area contributed by atoms with E-state index in [0.29, 0.717) is 23.1 Å². The summed E-state index contributed by atoms with van der Waals surface area (Å²) < 4.78 is 5.68. The quantitative estimate of drug-likeness (QED) is 0.447. The summed E-state index contributed by atoms with van der Waals surface area (Å²) in [5.41, 5.74) is 0.812. The Morgan fingerprint density at radius 3 is 2.42 bits per heavy atom. The molecule has 2 rings (SSSR count). The van der Waals surface area contributed by atoms with Gasteiger partial charge in [-0.1, -0.05) is 54.4 Å². The smallest absolute Gasteiger partial charge is 0.242 e. The van der Waals surface area contributed by atoms with E-state index in [4.69, 9.17) is 27.9 Å². The maximum absolute atomic E-state index is 13.0. The summed E-state index contributed by atoms with van der Waals surface area (Å²) in [5.74, 6) is 0.474. The van der Waals surface area contributed by atoms with Crippen LogP contribution in [0.3, 0.4) is 0 Å². The number of hydrogen-bond donors (Lipinski definition) is 1. The molecule has 0 radical (unpaired) electrons. The summed E-state index contributed by atoms with van der Waals surface area (Å²) in [6, 6.07) is 14.1. The fourth-order valence-corrected chi connectivity index (χ4v) is 3.28. The molecule has 0 saturated carbocycles. The van der Waals surface area contributed by atoms with Crippen molar-refractivity contribution in [2.24, 2.45) is 0 Å². The van der Waals surface area contributed by atoms with Crippen LogP contribution >= 0.6 is 23.2 Å². The molecule has 7 heteroatoms. The number of benzene rings is 2. The number of ether oxygens (including phenoxy) is 1. The molecule has 0 aromatic heterocycles. The van der Waals surface area contributed by atoms with E-state index in [0.717, 1.165) is 17.7 Å². The molecule has 2 aromatic carbocycles. The molecule has 1 N–H and O–H groups in total. The molecule has 168 valence electrons. The van der Waals surface area contributed by atoms with Gasteiger partial charge in [-0.15, -0.1) is 0 Å². The first kappa shape index (κ1) is 25.0. The number of hydrogen-bond acceptors (Lipinski definition) is 3. The molecule has 2 amide bonds. The summed E-state index contributed by atoms with van der Waals surface area (Å²) >= 11 is 12.1. The highest BCUT2D eigenvalue weighted by atomic mass is 35.5. The Morgan fingerprint density at radius 1 is 1.06 bits per heavy atom. The highest BCUT2D eigenvalue weighted by Gasteiger charge is 2.26. The molecule has 5 nitrogen and oxygen atoms in total. The second-order valence-corrected chi connectivity index (χ2v) is 8.34. The zero-order valence-electron chi connectivity index (χ0n) is 18.2. The predicted molar refractivity (Wildman–Crippen MR) is 126 cm³/mol. The molecular weight excluding hydrogens is 435 g/mol. The maximum atomic E-state index is 13.0.